The maximum absolute atomic E-state index is 12.1. The van der Waals surface area contributed by atoms with Crippen LogP contribution in [0, 0.1) is 5.92 Å². The molecule has 0 aromatic rings. The Kier molecular flexibility index (Phi) is 7.01. The van der Waals surface area contributed by atoms with Gasteiger partial charge >= 0.3 is 12.0 Å². The number of urea groups is 1. The van der Waals surface area contributed by atoms with E-state index in [0.717, 1.165) is 12.2 Å². The first-order valence-electron chi connectivity index (χ1n) is 6.45. The zero-order chi connectivity index (χ0) is 14.3. The number of rotatable bonds is 7. The molecule has 2 amide bonds. The summed E-state index contributed by atoms with van der Waals surface area (Å²) in [4.78, 5) is 24.7. The molecule has 6 nitrogen and oxygen atoms in total. The van der Waals surface area contributed by atoms with Gasteiger partial charge in [-0.25, -0.2) is 4.79 Å². The van der Waals surface area contributed by atoms with E-state index in [1.807, 2.05) is 13.2 Å². The average molecular weight is 290 g/mol. The molecule has 1 rings (SSSR count). The van der Waals surface area contributed by atoms with Gasteiger partial charge in [-0.1, -0.05) is 0 Å². The van der Waals surface area contributed by atoms with Gasteiger partial charge in [-0.05, 0) is 25.4 Å². The van der Waals surface area contributed by atoms with Crippen molar-refractivity contribution in [3.05, 3.63) is 0 Å². The Bertz CT molecular complexity index is 314. The number of likely N-dealkylation sites (N-methyl/N-ethyl adjacent to an activating group) is 1. The van der Waals surface area contributed by atoms with Crippen molar-refractivity contribution in [2.24, 2.45) is 5.92 Å². The van der Waals surface area contributed by atoms with Gasteiger partial charge in [0, 0.05) is 13.1 Å². The molecule has 0 spiro atoms. The lowest BCUT2D eigenvalue weighted by Gasteiger charge is -2.29. The van der Waals surface area contributed by atoms with Gasteiger partial charge < -0.3 is 20.1 Å². The Balaban J connectivity index is 2.51. The fourth-order valence-corrected chi connectivity index (χ4v) is 2.56. The van der Waals surface area contributed by atoms with E-state index in [1.165, 1.54) is 0 Å². The zero-order valence-corrected chi connectivity index (χ0v) is 12.2. The van der Waals surface area contributed by atoms with Gasteiger partial charge in [0.1, 0.15) is 5.92 Å². The molecule has 1 aliphatic heterocycles. The van der Waals surface area contributed by atoms with Crippen LogP contribution in [0.25, 0.3) is 0 Å². The fourth-order valence-electron chi connectivity index (χ4n) is 2.13. The molecule has 0 bridgehead atoms. The van der Waals surface area contributed by atoms with Crippen molar-refractivity contribution in [2.75, 3.05) is 38.3 Å². The third-order valence-corrected chi connectivity index (χ3v) is 3.87. The second kappa shape index (κ2) is 8.27. The normalized spacial score (nSPS) is 22.2. The van der Waals surface area contributed by atoms with Crippen molar-refractivity contribution in [1.82, 2.24) is 10.2 Å². The van der Waals surface area contributed by atoms with Gasteiger partial charge in [0.05, 0.1) is 19.3 Å². The van der Waals surface area contributed by atoms with Gasteiger partial charge in [-0.3, -0.25) is 4.79 Å². The lowest BCUT2D eigenvalue weighted by atomic mass is 10.0. The number of nitrogens with zero attached hydrogens (tertiary/aromatic N) is 1. The van der Waals surface area contributed by atoms with E-state index in [4.69, 9.17) is 9.84 Å². The molecule has 2 N–H and O–H groups in total. The molecule has 1 fully saturated rings. The molecule has 110 valence electrons. The monoisotopic (exact) mass is 290 g/mol. The number of carboxylic acid groups (broad SMARTS) is 1. The topological polar surface area (TPSA) is 78.9 Å². The Labute approximate surface area is 117 Å². The Hall–Kier alpha value is -0.950. The number of nitrogens with one attached hydrogen (secondary N) is 1. The van der Waals surface area contributed by atoms with E-state index in [0.29, 0.717) is 19.7 Å². The summed E-state index contributed by atoms with van der Waals surface area (Å²) in [6.45, 7) is 3.41. The van der Waals surface area contributed by atoms with Crippen LogP contribution in [0.4, 0.5) is 4.79 Å². The minimum Gasteiger partial charge on any atom is -0.481 e. The summed E-state index contributed by atoms with van der Waals surface area (Å²) in [5.74, 6) is -0.538. The number of hydrogen-bond donors (Lipinski definition) is 2. The SMILES string of the molecule is CCN(C(=O)NCCCSC)C1COCC1C(=O)O. The lowest BCUT2D eigenvalue weighted by molar-refractivity contribution is -0.142. The Morgan fingerprint density at radius 3 is 2.79 bits per heavy atom. The van der Waals surface area contributed by atoms with Crippen molar-refractivity contribution >= 4 is 23.8 Å². The van der Waals surface area contributed by atoms with Crippen molar-refractivity contribution in [3.8, 4) is 0 Å². The summed E-state index contributed by atoms with van der Waals surface area (Å²) >= 11 is 1.73. The number of aliphatic carboxylic acids is 1. The molecule has 19 heavy (non-hydrogen) atoms. The van der Waals surface area contributed by atoms with Crippen LogP contribution in [-0.2, 0) is 9.53 Å². The second-order valence-electron chi connectivity index (χ2n) is 4.41. The Morgan fingerprint density at radius 1 is 1.47 bits per heavy atom. The van der Waals surface area contributed by atoms with Crippen molar-refractivity contribution in [3.63, 3.8) is 0 Å². The molecule has 1 heterocycles. The van der Waals surface area contributed by atoms with Crippen LogP contribution < -0.4 is 5.32 Å². The fraction of sp³-hybridized carbons (Fsp3) is 0.833. The molecular weight excluding hydrogens is 268 g/mol. The van der Waals surface area contributed by atoms with Crippen LogP contribution >= 0.6 is 11.8 Å². The minimum atomic E-state index is -0.906. The maximum atomic E-state index is 12.1. The highest BCUT2D eigenvalue weighted by molar-refractivity contribution is 7.98. The zero-order valence-electron chi connectivity index (χ0n) is 11.4. The quantitative estimate of drug-likeness (QED) is 0.680. The molecule has 0 saturated carbocycles. The van der Waals surface area contributed by atoms with Crippen LogP contribution in [0.2, 0.25) is 0 Å². The largest absolute Gasteiger partial charge is 0.481 e. The molecular formula is C12H22N2O4S. The second-order valence-corrected chi connectivity index (χ2v) is 5.40. The number of ether oxygens (including phenoxy) is 1. The molecule has 0 radical (unpaired) electrons. The Morgan fingerprint density at radius 2 is 2.21 bits per heavy atom. The van der Waals surface area contributed by atoms with E-state index in [2.05, 4.69) is 5.32 Å². The van der Waals surface area contributed by atoms with Crippen LogP contribution in [0.3, 0.4) is 0 Å². The highest BCUT2D eigenvalue weighted by atomic mass is 32.2. The summed E-state index contributed by atoms with van der Waals surface area (Å²) in [6.07, 6.45) is 2.93. The van der Waals surface area contributed by atoms with Crippen molar-refractivity contribution < 1.29 is 19.4 Å². The third-order valence-electron chi connectivity index (χ3n) is 3.17. The van der Waals surface area contributed by atoms with E-state index >= 15 is 0 Å². The molecule has 2 unspecified atom stereocenters. The molecule has 7 heteroatoms. The third kappa shape index (κ3) is 4.58. The molecule has 0 aromatic heterocycles. The smallest absolute Gasteiger partial charge is 0.317 e. The first kappa shape index (κ1) is 16.1. The van der Waals surface area contributed by atoms with Gasteiger partial charge in [0.25, 0.3) is 0 Å². The van der Waals surface area contributed by atoms with E-state index in [-0.39, 0.29) is 18.7 Å². The minimum absolute atomic E-state index is 0.177. The summed E-state index contributed by atoms with van der Waals surface area (Å²) in [6, 6.07) is -0.576. The number of carbonyl (C=O) groups is 2. The van der Waals surface area contributed by atoms with E-state index in [1.54, 1.807) is 16.7 Å². The average Bonchev–Trinajstić information content (AvgIpc) is 2.85. The number of thioether (sulfide) groups is 1. The first-order chi connectivity index (χ1) is 9.11. The van der Waals surface area contributed by atoms with Crippen molar-refractivity contribution in [1.29, 1.82) is 0 Å². The predicted octanol–water partition coefficient (Wildman–Crippen LogP) is 0.871. The first-order valence-corrected chi connectivity index (χ1v) is 7.85. The number of carboxylic acids is 1. The molecule has 0 aromatic carbocycles. The van der Waals surface area contributed by atoms with Crippen LogP contribution in [-0.4, -0.2) is 66.4 Å². The summed E-state index contributed by atoms with van der Waals surface area (Å²) in [5.41, 5.74) is 0. The van der Waals surface area contributed by atoms with Crippen LogP contribution in [0.15, 0.2) is 0 Å². The number of amides is 2. The highest BCUT2D eigenvalue weighted by Gasteiger charge is 2.39. The van der Waals surface area contributed by atoms with Gasteiger partial charge in [-0.2, -0.15) is 11.8 Å². The highest BCUT2D eigenvalue weighted by Crippen LogP contribution is 2.20. The van der Waals surface area contributed by atoms with Gasteiger partial charge in [0.2, 0.25) is 0 Å². The van der Waals surface area contributed by atoms with E-state index < -0.39 is 11.9 Å². The number of carbonyl (C=O) groups excluding carboxylic acids is 1. The number of hydrogen-bond acceptors (Lipinski definition) is 4. The van der Waals surface area contributed by atoms with E-state index in [9.17, 15) is 9.59 Å². The standard InChI is InChI=1S/C12H22N2O4S/c1-3-14(12(17)13-5-4-6-19-2)10-8-18-7-9(10)11(15)16/h9-10H,3-8H2,1-2H3,(H,13,17)(H,15,16). The molecule has 0 aliphatic carbocycles. The van der Waals surface area contributed by atoms with Crippen LogP contribution in [0.1, 0.15) is 13.3 Å². The van der Waals surface area contributed by atoms with Gasteiger partial charge in [-0.15, -0.1) is 0 Å². The summed E-state index contributed by atoms with van der Waals surface area (Å²) < 4.78 is 5.20. The summed E-state index contributed by atoms with van der Waals surface area (Å²) in [7, 11) is 0. The maximum Gasteiger partial charge on any atom is 0.317 e. The lowest BCUT2D eigenvalue weighted by Crippen LogP contribution is -2.50. The predicted molar refractivity (Wildman–Crippen MR) is 74.5 cm³/mol. The van der Waals surface area contributed by atoms with Crippen molar-refractivity contribution in [2.45, 2.75) is 19.4 Å². The summed E-state index contributed by atoms with van der Waals surface area (Å²) in [5, 5.41) is 11.9. The molecule has 1 aliphatic rings. The molecule has 1 saturated heterocycles. The molecule has 2 atom stereocenters. The van der Waals surface area contributed by atoms with Crippen LogP contribution in [0.5, 0.6) is 0 Å². The van der Waals surface area contributed by atoms with Gasteiger partial charge in [0.15, 0.2) is 0 Å².